The lowest BCUT2D eigenvalue weighted by atomic mass is 10.2. The number of phenolic OH excluding ortho intramolecular Hbond substituents is 1. The minimum absolute atomic E-state index is 0.377. The molecule has 1 N–H and O–H groups in total. The van der Waals surface area contributed by atoms with Crippen LogP contribution in [0.4, 0.5) is 4.39 Å². The molecule has 2 aromatic carbocycles. The van der Waals surface area contributed by atoms with Crippen LogP contribution >= 0.6 is 0 Å². The summed E-state index contributed by atoms with van der Waals surface area (Å²) in [5, 5.41) is 14.3. The zero-order chi connectivity index (χ0) is 13.4. The van der Waals surface area contributed by atoms with Gasteiger partial charge >= 0.3 is 0 Å². The van der Waals surface area contributed by atoms with Gasteiger partial charge in [-0.25, -0.2) is 9.07 Å². The molecule has 0 spiro atoms. The molecule has 0 radical (unpaired) electrons. The summed E-state index contributed by atoms with van der Waals surface area (Å²) in [5.41, 5.74) is 1.35. The number of aromatic nitrogens is 2. The summed E-state index contributed by atoms with van der Waals surface area (Å²) in [5.74, 6) is -0.343. The van der Waals surface area contributed by atoms with Crippen LogP contribution < -0.4 is 4.74 Å². The number of ether oxygens (including phenoxy) is 1. The Morgan fingerprint density at radius 1 is 1.26 bits per heavy atom. The highest BCUT2D eigenvalue weighted by Gasteiger charge is 2.10. The predicted octanol–water partition coefficient (Wildman–Crippen LogP) is 2.88. The van der Waals surface area contributed by atoms with Gasteiger partial charge in [-0.15, -0.1) is 0 Å². The van der Waals surface area contributed by atoms with Crippen LogP contribution in [0, 0.1) is 5.82 Å². The molecule has 0 saturated carbocycles. The second-order valence-corrected chi connectivity index (χ2v) is 4.09. The van der Waals surface area contributed by atoms with Crippen LogP contribution in [0.15, 0.2) is 42.6 Å². The van der Waals surface area contributed by atoms with Crippen molar-refractivity contribution >= 4 is 10.9 Å². The average molecular weight is 258 g/mol. The molecule has 0 bridgehead atoms. The summed E-state index contributed by atoms with van der Waals surface area (Å²) >= 11 is 0. The molecule has 0 aliphatic carbocycles. The van der Waals surface area contributed by atoms with Gasteiger partial charge in [0.15, 0.2) is 11.6 Å². The monoisotopic (exact) mass is 258 g/mol. The molecule has 0 fully saturated rings. The van der Waals surface area contributed by atoms with E-state index in [4.69, 9.17) is 4.74 Å². The van der Waals surface area contributed by atoms with Crippen molar-refractivity contribution in [1.29, 1.82) is 0 Å². The van der Waals surface area contributed by atoms with Crippen molar-refractivity contribution in [1.82, 2.24) is 9.78 Å². The number of phenols is 1. The Morgan fingerprint density at radius 3 is 2.84 bits per heavy atom. The normalized spacial score (nSPS) is 10.8. The van der Waals surface area contributed by atoms with E-state index < -0.39 is 5.82 Å². The predicted molar refractivity (Wildman–Crippen MR) is 69.2 cm³/mol. The molecule has 3 aromatic rings. The number of fused-ring (bicyclic) bond motifs is 1. The zero-order valence-corrected chi connectivity index (χ0v) is 10.2. The third-order valence-corrected chi connectivity index (χ3v) is 2.97. The summed E-state index contributed by atoms with van der Waals surface area (Å²) in [6.07, 6.45) is 1.67. The van der Waals surface area contributed by atoms with E-state index in [2.05, 4.69) is 5.10 Å². The van der Waals surface area contributed by atoms with Crippen molar-refractivity contribution in [2.24, 2.45) is 0 Å². The first-order valence-electron chi connectivity index (χ1n) is 5.70. The molecule has 0 aliphatic rings. The molecule has 0 unspecified atom stereocenters. The largest absolute Gasteiger partial charge is 0.505 e. The molecule has 0 saturated heterocycles. The van der Waals surface area contributed by atoms with Crippen molar-refractivity contribution in [3.05, 3.63) is 48.4 Å². The van der Waals surface area contributed by atoms with Gasteiger partial charge in [0, 0.05) is 6.07 Å². The van der Waals surface area contributed by atoms with E-state index in [1.165, 1.54) is 12.1 Å². The lowest BCUT2D eigenvalue weighted by molar-refractivity contribution is 0.420. The molecule has 4 nitrogen and oxygen atoms in total. The van der Waals surface area contributed by atoms with Crippen LogP contribution in [0.1, 0.15) is 0 Å². The maximum Gasteiger partial charge on any atom is 0.166 e. The Bertz CT molecular complexity index is 752. The lowest BCUT2D eigenvalue weighted by Gasteiger charge is -2.05. The highest BCUT2D eigenvalue weighted by Crippen LogP contribution is 2.27. The maximum absolute atomic E-state index is 13.4. The number of halogens is 1. The fourth-order valence-corrected chi connectivity index (χ4v) is 2.04. The van der Waals surface area contributed by atoms with Gasteiger partial charge in [-0.05, 0) is 24.3 Å². The first-order valence-corrected chi connectivity index (χ1v) is 5.70. The maximum atomic E-state index is 13.4. The molecule has 0 atom stereocenters. The third-order valence-electron chi connectivity index (χ3n) is 2.97. The second-order valence-electron chi connectivity index (χ2n) is 4.09. The van der Waals surface area contributed by atoms with Crippen LogP contribution in [0.3, 0.4) is 0 Å². The van der Waals surface area contributed by atoms with Gasteiger partial charge in [-0.1, -0.05) is 6.07 Å². The van der Waals surface area contributed by atoms with E-state index >= 15 is 0 Å². The molecule has 0 aliphatic heterocycles. The van der Waals surface area contributed by atoms with E-state index in [1.807, 2.05) is 18.2 Å². The second kappa shape index (κ2) is 4.28. The molecule has 5 heteroatoms. The first kappa shape index (κ1) is 11.5. The van der Waals surface area contributed by atoms with Gasteiger partial charge in [0.1, 0.15) is 5.75 Å². The fourth-order valence-electron chi connectivity index (χ4n) is 2.04. The van der Waals surface area contributed by atoms with Gasteiger partial charge < -0.3 is 9.84 Å². The van der Waals surface area contributed by atoms with E-state index in [1.54, 1.807) is 24.1 Å². The van der Waals surface area contributed by atoms with Gasteiger partial charge in [-0.3, -0.25) is 0 Å². The van der Waals surface area contributed by atoms with Crippen molar-refractivity contribution in [2.75, 3.05) is 7.11 Å². The molecule has 1 aromatic heterocycles. The zero-order valence-electron chi connectivity index (χ0n) is 10.2. The van der Waals surface area contributed by atoms with E-state index in [-0.39, 0.29) is 5.75 Å². The van der Waals surface area contributed by atoms with Crippen LogP contribution in [0.5, 0.6) is 11.5 Å². The Balaban J connectivity index is 2.23. The van der Waals surface area contributed by atoms with Crippen LogP contribution in [-0.2, 0) is 0 Å². The smallest absolute Gasteiger partial charge is 0.166 e. The summed E-state index contributed by atoms with van der Waals surface area (Å²) in [6.45, 7) is 0. The van der Waals surface area contributed by atoms with Crippen molar-refractivity contribution in [2.45, 2.75) is 0 Å². The number of methoxy groups -OCH3 is 1. The molecule has 0 amide bonds. The number of hydrogen-bond donors (Lipinski definition) is 1. The molecule has 96 valence electrons. The van der Waals surface area contributed by atoms with Gasteiger partial charge in [0.25, 0.3) is 0 Å². The summed E-state index contributed by atoms with van der Waals surface area (Å²) < 4.78 is 20.3. The van der Waals surface area contributed by atoms with Crippen molar-refractivity contribution in [3.63, 3.8) is 0 Å². The summed E-state index contributed by atoms with van der Waals surface area (Å²) in [4.78, 5) is 0. The Morgan fingerprint density at radius 2 is 2.11 bits per heavy atom. The summed E-state index contributed by atoms with van der Waals surface area (Å²) in [7, 11) is 1.59. The average Bonchev–Trinajstić information content (AvgIpc) is 2.85. The first-order chi connectivity index (χ1) is 9.20. The highest BCUT2D eigenvalue weighted by atomic mass is 19.1. The molecular formula is C14H11FN2O2. The van der Waals surface area contributed by atoms with E-state index in [9.17, 15) is 9.50 Å². The minimum Gasteiger partial charge on any atom is -0.505 e. The van der Waals surface area contributed by atoms with Crippen LogP contribution in [0.25, 0.3) is 16.6 Å². The Kier molecular flexibility index (Phi) is 2.59. The van der Waals surface area contributed by atoms with Gasteiger partial charge in [-0.2, -0.15) is 5.10 Å². The Hall–Kier alpha value is -2.56. The highest BCUT2D eigenvalue weighted by molar-refractivity contribution is 5.86. The molecule has 3 rings (SSSR count). The number of aromatic hydroxyl groups is 1. The van der Waals surface area contributed by atoms with Crippen molar-refractivity contribution in [3.8, 4) is 17.2 Å². The summed E-state index contributed by atoms with van der Waals surface area (Å²) in [6, 6.07) is 9.70. The van der Waals surface area contributed by atoms with Crippen molar-refractivity contribution < 1.29 is 14.2 Å². The SMILES string of the molecule is COc1cccc2c1cnn2-c1ccc(O)c(F)c1. The quantitative estimate of drug-likeness (QED) is 0.768. The van der Waals surface area contributed by atoms with E-state index in [0.29, 0.717) is 11.4 Å². The topological polar surface area (TPSA) is 47.3 Å². The van der Waals surface area contributed by atoms with Crippen LogP contribution in [-0.4, -0.2) is 22.0 Å². The molecule has 19 heavy (non-hydrogen) atoms. The standard InChI is InChI=1S/C14H11FN2O2/c1-19-14-4-2-3-12-10(14)8-16-17(12)9-5-6-13(18)11(15)7-9/h2-8,18H,1H3. The lowest BCUT2D eigenvalue weighted by Crippen LogP contribution is -1.96. The number of rotatable bonds is 2. The number of hydrogen-bond acceptors (Lipinski definition) is 3. The fraction of sp³-hybridized carbons (Fsp3) is 0.0714. The number of nitrogens with zero attached hydrogens (tertiary/aromatic N) is 2. The van der Waals surface area contributed by atoms with Crippen LogP contribution in [0.2, 0.25) is 0 Å². The van der Waals surface area contributed by atoms with Gasteiger partial charge in [0.05, 0.1) is 29.9 Å². The Labute approximate surface area is 108 Å². The van der Waals surface area contributed by atoms with E-state index in [0.717, 1.165) is 10.9 Å². The van der Waals surface area contributed by atoms with Gasteiger partial charge in [0.2, 0.25) is 0 Å². The third kappa shape index (κ3) is 1.79. The molecule has 1 heterocycles. The number of benzene rings is 2. The minimum atomic E-state index is -0.677. The molecular weight excluding hydrogens is 247 g/mol.